The Morgan fingerprint density at radius 2 is 1.86 bits per heavy atom. The van der Waals surface area contributed by atoms with Crippen molar-refractivity contribution in [2.45, 2.75) is 6.54 Å². The summed E-state index contributed by atoms with van der Waals surface area (Å²) < 4.78 is 11.9. The molecule has 114 valence electrons. The van der Waals surface area contributed by atoms with Crippen molar-refractivity contribution in [3.05, 3.63) is 58.1 Å². The second-order valence-corrected chi connectivity index (χ2v) is 5.97. The number of ether oxygens (including phenoxy) is 2. The highest BCUT2D eigenvalue weighted by molar-refractivity contribution is 9.10. The number of carbonyl (C=O) groups is 1. The summed E-state index contributed by atoms with van der Waals surface area (Å²) in [6.07, 6.45) is 0. The molecule has 0 bridgehead atoms. The van der Waals surface area contributed by atoms with Crippen LogP contribution in [-0.4, -0.2) is 31.1 Å². The molecule has 0 atom stereocenters. The van der Waals surface area contributed by atoms with E-state index >= 15 is 0 Å². The number of hydrogen-bond acceptors (Lipinski definition) is 3. The van der Waals surface area contributed by atoms with E-state index in [1.165, 1.54) is 0 Å². The molecule has 0 N–H and O–H groups in total. The highest BCUT2D eigenvalue weighted by Gasteiger charge is 2.16. The summed E-state index contributed by atoms with van der Waals surface area (Å²) >= 11 is 3.42. The molecule has 1 aliphatic heterocycles. The van der Waals surface area contributed by atoms with E-state index < -0.39 is 0 Å². The molecule has 2 aromatic rings. The largest absolute Gasteiger partial charge is 0.486 e. The molecule has 5 heteroatoms. The number of carbonyl (C=O) groups excluding carboxylic acids is 1. The molecule has 0 spiro atoms. The molecule has 0 fully saturated rings. The topological polar surface area (TPSA) is 38.8 Å². The van der Waals surface area contributed by atoms with Crippen LogP contribution in [0.15, 0.2) is 46.9 Å². The zero-order chi connectivity index (χ0) is 15.5. The third-order valence-corrected chi connectivity index (χ3v) is 4.17. The minimum absolute atomic E-state index is 0.0256. The minimum atomic E-state index is -0.0256. The molecular weight excluding hydrogens is 346 g/mol. The molecule has 0 aliphatic carbocycles. The number of nitrogens with zero attached hydrogens (tertiary/aromatic N) is 1. The van der Waals surface area contributed by atoms with Crippen molar-refractivity contribution in [1.82, 2.24) is 4.90 Å². The maximum Gasteiger partial charge on any atom is 0.255 e. The van der Waals surface area contributed by atoms with Crippen LogP contribution in [0, 0.1) is 0 Å². The van der Waals surface area contributed by atoms with Crippen molar-refractivity contribution in [3.63, 3.8) is 0 Å². The monoisotopic (exact) mass is 361 g/mol. The lowest BCUT2D eigenvalue weighted by molar-refractivity contribution is 0.0784. The van der Waals surface area contributed by atoms with Crippen molar-refractivity contribution in [2.24, 2.45) is 0 Å². The normalized spacial score (nSPS) is 12.8. The Balaban J connectivity index is 1.75. The summed E-state index contributed by atoms with van der Waals surface area (Å²) in [6, 6.07) is 13.2. The molecule has 1 aliphatic rings. The number of benzene rings is 2. The van der Waals surface area contributed by atoms with Crippen LogP contribution < -0.4 is 9.47 Å². The smallest absolute Gasteiger partial charge is 0.255 e. The zero-order valence-electron chi connectivity index (χ0n) is 12.2. The highest BCUT2D eigenvalue weighted by atomic mass is 79.9. The first-order chi connectivity index (χ1) is 10.6. The first-order valence-electron chi connectivity index (χ1n) is 7.03. The maximum absolute atomic E-state index is 12.5. The standard InChI is InChI=1S/C17H16BrNO3/c1-19(17(20)13-4-2-3-5-14(13)18)11-12-6-7-15-16(10-12)22-9-8-21-15/h2-7,10H,8-9,11H2,1H3. The van der Waals surface area contributed by atoms with Crippen molar-refractivity contribution in [1.29, 1.82) is 0 Å². The summed E-state index contributed by atoms with van der Waals surface area (Å²) in [5, 5.41) is 0. The third kappa shape index (κ3) is 3.09. The molecule has 1 heterocycles. The Morgan fingerprint density at radius 1 is 1.14 bits per heavy atom. The van der Waals surface area contributed by atoms with Crippen LogP contribution >= 0.6 is 15.9 Å². The summed E-state index contributed by atoms with van der Waals surface area (Å²) in [5.74, 6) is 1.47. The highest BCUT2D eigenvalue weighted by Crippen LogP contribution is 2.31. The molecule has 4 nitrogen and oxygen atoms in total. The summed E-state index contributed by atoms with van der Waals surface area (Å²) in [5.41, 5.74) is 1.66. The van der Waals surface area contributed by atoms with Gasteiger partial charge in [0.15, 0.2) is 11.5 Å². The van der Waals surface area contributed by atoms with Gasteiger partial charge in [0.25, 0.3) is 5.91 Å². The average Bonchev–Trinajstić information content (AvgIpc) is 2.54. The van der Waals surface area contributed by atoms with Crippen molar-refractivity contribution >= 4 is 21.8 Å². The van der Waals surface area contributed by atoms with E-state index in [9.17, 15) is 4.79 Å². The van der Waals surface area contributed by atoms with Gasteiger partial charge in [0.05, 0.1) is 5.56 Å². The number of hydrogen-bond donors (Lipinski definition) is 0. The quantitative estimate of drug-likeness (QED) is 0.839. The molecule has 22 heavy (non-hydrogen) atoms. The van der Waals surface area contributed by atoms with Crippen molar-refractivity contribution in [2.75, 3.05) is 20.3 Å². The lowest BCUT2D eigenvalue weighted by Gasteiger charge is -2.21. The van der Waals surface area contributed by atoms with E-state index in [0.29, 0.717) is 25.3 Å². The lowest BCUT2D eigenvalue weighted by Crippen LogP contribution is -2.26. The van der Waals surface area contributed by atoms with E-state index in [0.717, 1.165) is 21.5 Å². The van der Waals surface area contributed by atoms with Gasteiger partial charge in [-0.05, 0) is 45.8 Å². The SMILES string of the molecule is CN(Cc1ccc2c(c1)OCCO2)C(=O)c1ccccc1Br. The van der Waals surface area contributed by atoms with Gasteiger partial charge in [-0.1, -0.05) is 18.2 Å². The maximum atomic E-state index is 12.5. The van der Waals surface area contributed by atoms with Gasteiger partial charge in [-0.25, -0.2) is 0 Å². The van der Waals surface area contributed by atoms with Gasteiger partial charge in [0, 0.05) is 18.1 Å². The van der Waals surface area contributed by atoms with Crippen molar-refractivity contribution in [3.8, 4) is 11.5 Å². The summed E-state index contributed by atoms with van der Waals surface area (Å²) in [7, 11) is 1.79. The van der Waals surface area contributed by atoms with Crippen molar-refractivity contribution < 1.29 is 14.3 Å². The second-order valence-electron chi connectivity index (χ2n) is 5.12. The predicted octanol–water partition coefficient (Wildman–Crippen LogP) is 3.49. The Labute approximate surface area is 137 Å². The van der Waals surface area contributed by atoms with Crippen LogP contribution in [0.4, 0.5) is 0 Å². The van der Waals surface area contributed by atoms with Gasteiger partial charge in [-0.15, -0.1) is 0 Å². The molecule has 0 radical (unpaired) electrons. The average molecular weight is 362 g/mol. The van der Waals surface area contributed by atoms with E-state index in [2.05, 4.69) is 15.9 Å². The number of fused-ring (bicyclic) bond motifs is 1. The minimum Gasteiger partial charge on any atom is -0.486 e. The van der Waals surface area contributed by atoms with Gasteiger partial charge in [-0.2, -0.15) is 0 Å². The van der Waals surface area contributed by atoms with E-state index in [-0.39, 0.29) is 5.91 Å². The first kappa shape index (κ1) is 14.9. The van der Waals surface area contributed by atoms with Gasteiger partial charge in [0.2, 0.25) is 0 Å². The van der Waals surface area contributed by atoms with Crippen LogP contribution in [0.1, 0.15) is 15.9 Å². The fourth-order valence-corrected chi connectivity index (χ4v) is 2.83. The van der Waals surface area contributed by atoms with Gasteiger partial charge < -0.3 is 14.4 Å². The van der Waals surface area contributed by atoms with E-state index in [1.807, 2.05) is 42.5 Å². The van der Waals surface area contributed by atoms with Crippen LogP contribution in [-0.2, 0) is 6.54 Å². The number of halogens is 1. The number of amides is 1. The van der Waals surface area contributed by atoms with Gasteiger partial charge in [-0.3, -0.25) is 4.79 Å². The molecule has 3 rings (SSSR count). The third-order valence-electron chi connectivity index (χ3n) is 3.48. The predicted molar refractivity (Wildman–Crippen MR) is 87.4 cm³/mol. The second kappa shape index (κ2) is 6.40. The molecule has 0 unspecified atom stereocenters. The molecular formula is C17H16BrNO3. The van der Waals surface area contributed by atoms with E-state index in [4.69, 9.17) is 9.47 Å². The Hall–Kier alpha value is -2.01. The number of rotatable bonds is 3. The van der Waals surface area contributed by atoms with Crippen LogP contribution in [0.3, 0.4) is 0 Å². The summed E-state index contributed by atoms with van der Waals surface area (Å²) in [6.45, 7) is 1.64. The molecule has 0 saturated heterocycles. The fraction of sp³-hybridized carbons (Fsp3) is 0.235. The first-order valence-corrected chi connectivity index (χ1v) is 7.83. The van der Waals surface area contributed by atoms with Crippen LogP contribution in [0.25, 0.3) is 0 Å². The van der Waals surface area contributed by atoms with E-state index in [1.54, 1.807) is 11.9 Å². The zero-order valence-corrected chi connectivity index (χ0v) is 13.8. The Kier molecular flexibility index (Phi) is 4.34. The summed E-state index contributed by atoms with van der Waals surface area (Å²) in [4.78, 5) is 14.2. The Bertz CT molecular complexity index is 702. The van der Waals surface area contributed by atoms with Crippen LogP contribution in [0.5, 0.6) is 11.5 Å². The molecule has 2 aromatic carbocycles. The molecule has 0 aromatic heterocycles. The van der Waals surface area contributed by atoms with Gasteiger partial charge >= 0.3 is 0 Å². The van der Waals surface area contributed by atoms with Gasteiger partial charge in [0.1, 0.15) is 13.2 Å². The molecule has 1 amide bonds. The Morgan fingerprint density at radius 3 is 2.64 bits per heavy atom. The molecule has 0 saturated carbocycles. The van der Waals surface area contributed by atoms with Crippen LogP contribution in [0.2, 0.25) is 0 Å². The lowest BCUT2D eigenvalue weighted by atomic mass is 10.1. The fourth-order valence-electron chi connectivity index (χ4n) is 2.37.